The first-order chi connectivity index (χ1) is 9.90. The average Bonchev–Trinajstić information content (AvgIpc) is 2.66. The van der Waals surface area contributed by atoms with E-state index in [1.165, 1.54) is 16.7 Å². The highest BCUT2D eigenvalue weighted by atomic mass is 16.5. The van der Waals surface area contributed by atoms with Crippen LogP contribution in [0, 0.1) is 0 Å². The third-order valence-electron chi connectivity index (χ3n) is 3.77. The Bertz CT molecular complexity index is 562. The lowest BCUT2D eigenvalue weighted by molar-refractivity contribution is -0.109. The molecule has 0 saturated carbocycles. The predicted molar refractivity (Wildman–Crippen MR) is 77.7 cm³/mol. The minimum absolute atomic E-state index is 0.261. The second kappa shape index (κ2) is 5.78. The van der Waals surface area contributed by atoms with Crippen LogP contribution >= 0.6 is 0 Å². The molecule has 1 unspecified atom stereocenters. The molecular formula is C17H17NO2. The Morgan fingerprint density at radius 3 is 2.70 bits per heavy atom. The Morgan fingerprint density at radius 2 is 1.85 bits per heavy atom. The van der Waals surface area contributed by atoms with Gasteiger partial charge in [0.15, 0.2) is 0 Å². The molecule has 1 aliphatic heterocycles. The van der Waals surface area contributed by atoms with Gasteiger partial charge < -0.3 is 10.1 Å². The monoisotopic (exact) mass is 267 g/mol. The predicted octanol–water partition coefficient (Wildman–Crippen LogP) is 2.85. The number of nitrogens with one attached hydrogen (secondary N) is 1. The second-order valence-electron chi connectivity index (χ2n) is 4.94. The summed E-state index contributed by atoms with van der Waals surface area (Å²) in [5.74, 6) is 1.21. The van der Waals surface area contributed by atoms with Gasteiger partial charge in [-0.1, -0.05) is 42.5 Å². The molecule has 3 heteroatoms. The summed E-state index contributed by atoms with van der Waals surface area (Å²) < 4.78 is 5.92. The lowest BCUT2D eigenvalue weighted by Gasteiger charge is -2.18. The van der Waals surface area contributed by atoms with Crippen molar-refractivity contribution in [3.05, 3.63) is 65.2 Å². The smallest absolute Gasteiger partial charge is 0.207 e. The molecule has 1 N–H and O–H groups in total. The standard InChI is InChI=1S/C17H17NO2/c19-12-18-10-9-15-14-6-2-1-5-13(14)11-20-17-8-4-3-7-16(15)17/h1-8,12,15H,9-11H2,(H,18,19). The largest absolute Gasteiger partial charge is 0.489 e. The number of hydrogen-bond acceptors (Lipinski definition) is 2. The van der Waals surface area contributed by atoms with Crippen LogP contribution in [0.25, 0.3) is 0 Å². The van der Waals surface area contributed by atoms with Gasteiger partial charge in [-0.2, -0.15) is 0 Å². The zero-order valence-corrected chi connectivity index (χ0v) is 11.2. The molecule has 1 atom stereocenters. The van der Waals surface area contributed by atoms with Crippen LogP contribution in [-0.2, 0) is 11.4 Å². The van der Waals surface area contributed by atoms with Crippen molar-refractivity contribution in [1.82, 2.24) is 5.32 Å². The van der Waals surface area contributed by atoms with Gasteiger partial charge >= 0.3 is 0 Å². The van der Waals surface area contributed by atoms with E-state index in [0.717, 1.165) is 18.6 Å². The highest BCUT2D eigenvalue weighted by Crippen LogP contribution is 2.38. The molecule has 1 aliphatic rings. The number of rotatable bonds is 4. The number of para-hydroxylation sites is 1. The molecule has 3 rings (SSSR count). The van der Waals surface area contributed by atoms with Gasteiger partial charge in [0.2, 0.25) is 6.41 Å². The summed E-state index contributed by atoms with van der Waals surface area (Å²) in [7, 11) is 0. The first kappa shape index (κ1) is 12.7. The van der Waals surface area contributed by atoms with E-state index >= 15 is 0 Å². The minimum Gasteiger partial charge on any atom is -0.489 e. The maximum absolute atomic E-state index is 10.5. The number of hydrogen-bond donors (Lipinski definition) is 1. The first-order valence-electron chi connectivity index (χ1n) is 6.86. The molecule has 102 valence electrons. The Labute approximate surface area is 118 Å². The Morgan fingerprint density at radius 1 is 1.10 bits per heavy atom. The summed E-state index contributed by atoms with van der Waals surface area (Å²) in [6, 6.07) is 16.5. The van der Waals surface area contributed by atoms with Crippen molar-refractivity contribution < 1.29 is 9.53 Å². The van der Waals surface area contributed by atoms with Crippen molar-refractivity contribution in [2.45, 2.75) is 18.9 Å². The van der Waals surface area contributed by atoms with Gasteiger partial charge in [0.25, 0.3) is 0 Å². The lowest BCUT2D eigenvalue weighted by Crippen LogP contribution is -2.16. The summed E-state index contributed by atoms with van der Waals surface area (Å²) in [5.41, 5.74) is 3.72. The molecule has 0 saturated heterocycles. The molecule has 20 heavy (non-hydrogen) atoms. The molecule has 0 bridgehead atoms. The number of carbonyl (C=O) groups is 1. The van der Waals surface area contributed by atoms with Crippen molar-refractivity contribution in [2.24, 2.45) is 0 Å². The molecule has 0 spiro atoms. The molecule has 0 radical (unpaired) electrons. The summed E-state index contributed by atoms with van der Waals surface area (Å²) in [6.07, 6.45) is 1.63. The average molecular weight is 267 g/mol. The zero-order chi connectivity index (χ0) is 13.8. The van der Waals surface area contributed by atoms with Crippen LogP contribution in [-0.4, -0.2) is 13.0 Å². The summed E-state index contributed by atoms with van der Waals surface area (Å²) in [4.78, 5) is 10.5. The molecule has 2 aromatic rings. The molecule has 2 aromatic carbocycles. The second-order valence-corrected chi connectivity index (χ2v) is 4.94. The maximum Gasteiger partial charge on any atom is 0.207 e. The van der Waals surface area contributed by atoms with Gasteiger partial charge in [-0.05, 0) is 23.6 Å². The fourth-order valence-corrected chi connectivity index (χ4v) is 2.83. The first-order valence-corrected chi connectivity index (χ1v) is 6.86. The quantitative estimate of drug-likeness (QED) is 0.683. The summed E-state index contributed by atoms with van der Waals surface area (Å²) >= 11 is 0. The van der Waals surface area contributed by atoms with Crippen LogP contribution in [0.2, 0.25) is 0 Å². The van der Waals surface area contributed by atoms with E-state index in [1.807, 2.05) is 24.3 Å². The van der Waals surface area contributed by atoms with Crippen LogP contribution in [0.5, 0.6) is 5.75 Å². The SMILES string of the molecule is O=CNCCC1c2ccccc2COc2ccccc21. The Balaban J connectivity index is 2.02. The molecule has 3 nitrogen and oxygen atoms in total. The van der Waals surface area contributed by atoms with E-state index in [4.69, 9.17) is 4.74 Å². The maximum atomic E-state index is 10.5. The van der Waals surface area contributed by atoms with Gasteiger partial charge in [-0.25, -0.2) is 0 Å². The minimum atomic E-state index is 0.261. The van der Waals surface area contributed by atoms with Crippen LogP contribution in [0.4, 0.5) is 0 Å². The van der Waals surface area contributed by atoms with Gasteiger partial charge in [0.1, 0.15) is 12.4 Å². The van der Waals surface area contributed by atoms with Gasteiger partial charge in [-0.3, -0.25) is 4.79 Å². The van der Waals surface area contributed by atoms with Crippen molar-refractivity contribution in [3.8, 4) is 5.75 Å². The number of fused-ring (bicyclic) bond motifs is 2. The normalized spacial score (nSPS) is 16.3. The third-order valence-corrected chi connectivity index (χ3v) is 3.77. The van der Waals surface area contributed by atoms with E-state index in [9.17, 15) is 4.79 Å². The highest BCUT2D eigenvalue weighted by molar-refractivity contribution is 5.48. The van der Waals surface area contributed by atoms with Crippen molar-refractivity contribution in [3.63, 3.8) is 0 Å². The highest BCUT2D eigenvalue weighted by Gasteiger charge is 2.23. The zero-order valence-electron chi connectivity index (χ0n) is 11.2. The number of ether oxygens (including phenoxy) is 1. The van der Waals surface area contributed by atoms with Gasteiger partial charge in [-0.15, -0.1) is 0 Å². The van der Waals surface area contributed by atoms with E-state index in [0.29, 0.717) is 13.2 Å². The molecule has 0 fully saturated rings. The summed E-state index contributed by atoms with van der Waals surface area (Å²) in [5, 5.41) is 2.76. The van der Waals surface area contributed by atoms with E-state index in [-0.39, 0.29) is 5.92 Å². The van der Waals surface area contributed by atoms with Crippen molar-refractivity contribution in [1.29, 1.82) is 0 Å². The number of carbonyl (C=O) groups excluding carboxylic acids is 1. The topological polar surface area (TPSA) is 38.3 Å². The van der Waals surface area contributed by atoms with E-state index in [2.05, 4.69) is 29.6 Å². The molecule has 0 aliphatic carbocycles. The van der Waals surface area contributed by atoms with Gasteiger partial charge in [0, 0.05) is 18.0 Å². The number of benzene rings is 2. The third kappa shape index (κ3) is 2.39. The van der Waals surface area contributed by atoms with Crippen molar-refractivity contribution >= 4 is 6.41 Å². The van der Waals surface area contributed by atoms with E-state index < -0.39 is 0 Å². The van der Waals surface area contributed by atoms with Crippen molar-refractivity contribution in [2.75, 3.05) is 6.54 Å². The fourth-order valence-electron chi connectivity index (χ4n) is 2.83. The molecule has 1 amide bonds. The molecular weight excluding hydrogens is 250 g/mol. The Kier molecular flexibility index (Phi) is 3.68. The van der Waals surface area contributed by atoms with Crippen LogP contribution in [0.1, 0.15) is 29.0 Å². The van der Waals surface area contributed by atoms with E-state index in [1.54, 1.807) is 0 Å². The summed E-state index contributed by atoms with van der Waals surface area (Å²) in [6.45, 7) is 1.27. The molecule has 0 aromatic heterocycles. The van der Waals surface area contributed by atoms with Crippen LogP contribution in [0.3, 0.4) is 0 Å². The molecule has 1 heterocycles. The fraction of sp³-hybridized carbons (Fsp3) is 0.235. The van der Waals surface area contributed by atoms with Gasteiger partial charge in [0.05, 0.1) is 0 Å². The van der Waals surface area contributed by atoms with Crippen LogP contribution < -0.4 is 10.1 Å². The Hall–Kier alpha value is -2.29. The lowest BCUT2D eigenvalue weighted by atomic mass is 9.86. The van der Waals surface area contributed by atoms with Crippen LogP contribution in [0.15, 0.2) is 48.5 Å². The number of amides is 1.